The van der Waals surface area contributed by atoms with Crippen molar-refractivity contribution < 1.29 is 35.5 Å². The molecule has 6 nitrogen and oxygen atoms in total. The van der Waals surface area contributed by atoms with Crippen LogP contribution in [0.5, 0.6) is 0 Å². The number of nitriles is 1. The fourth-order valence-electron chi connectivity index (χ4n) is 3.22. The summed E-state index contributed by atoms with van der Waals surface area (Å²) >= 11 is 12.7. The van der Waals surface area contributed by atoms with Gasteiger partial charge in [-0.1, -0.05) is 28.4 Å². The molecule has 1 N–H and O–H groups in total. The zero-order valence-corrected chi connectivity index (χ0v) is 19.6. The van der Waals surface area contributed by atoms with Crippen molar-refractivity contribution in [3.05, 3.63) is 50.4 Å². The number of nitrogens with one attached hydrogen (secondary N) is 1. The van der Waals surface area contributed by atoms with Crippen molar-refractivity contribution >= 4 is 40.4 Å². The SMILES string of the molecule is N#Cc1sc(-c2cn(-c3c(Cl)cc(C(F)(C(F)(F)F)C(F)(F)F)cc3Cl)nn2)cc1C(=O)NC1CC1. The Balaban J connectivity index is 1.71. The van der Waals surface area contributed by atoms with E-state index in [4.69, 9.17) is 23.2 Å². The fraction of sp³-hybridized carbons (Fsp3) is 0.300. The molecule has 1 amide bonds. The maximum atomic E-state index is 14.4. The summed E-state index contributed by atoms with van der Waals surface area (Å²) in [4.78, 5) is 12.8. The van der Waals surface area contributed by atoms with Crippen LogP contribution in [0.2, 0.25) is 10.0 Å². The topological polar surface area (TPSA) is 83.6 Å². The second-order valence-corrected chi connectivity index (χ2v) is 9.57. The molecule has 0 bridgehead atoms. The molecule has 0 unspecified atom stereocenters. The van der Waals surface area contributed by atoms with E-state index < -0.39 is 39.5 Å². The van der Waals surface area contributed by atoms with Gasteiger partial charge in [-0.3, -0.25) is 4.79 Å². The predicted octanol–water partition coefficient (Wildman–Crippen LogP) is 6.36. The molecule has 1 aliphatic rings. The maximum Gasteiger partial charge on any atom is 0.435 e. The first-order chi connectivity index (χ1) is 16.7. The molecule has 1 aromatic carbocycles. The normalized spacial score (nSPS) is 14.6. The third-order valence-electron chi connectivity index (χ3n) is 5.16. The number of benzene rings is 1. The number of nitrogens with zero attached hydrogens (tertiary/aromatic N) is 4. The largest absolute Gasteiger partial charge is 0.435 e. The molecule has 1 aliphatic carbocycles. The number of halogens is 9. The van der Waals surface area contributed by atoms with E-state index in [2.05, 4.69) is 15.6 Å². The van der Waals surface area contributed by atoms with Gasteiger partial charge in [-0.05, 0) is 31.0 Å². The van der Waals surface area contributed by atoms with Crippen molar-refractivity contribution in [1.29, 1.82) is 5.26 Å². The van der Waals surface area contributed by atoms with Crippen molar-refractivity contribution in [2.24, 2.45) is 0 Å². The quantitative estimate of drug-likeness (QED) is 0.361. The highest BCUT2D eigenvalue weighted by molar-refractivity contribution is 7.16. The summed E-state index contributed by atoms with van der Waals surface area (Å²) in [5, 5.41) is 18.1. The van der Waals surface area contributed by atoms with Crippen molar-refractivity contribution in [3.8, 4) is 22.3 Å². The van der Waals surface area contributed by atoms with Gasteiger partial charge in [0.1, 0.15) is 22.3 Å². The number of hydrogen-bond donors (Lipinski definition) is 1. The Bertz CT molecular complexity index is 1350. The van der Waals surface area contributed by atoms with E-state index in [-0.39, 0.29) is 40.0 Å². The molecule has 2 heterocycles. The van der Waals surface area contributed by atoms with Gasteiger partial charge in [0.25, 0.3) is 5.91 Å². The van der Waals surface area contributed by atoms with Gasteiger partial charge in [0.15, 0.2) is 0 Å². The molecule has 36 heavy (non-hydrogen) atoms. The highest BCUT2D eigenvalue weighted by Gasteiger charge is 2.73. The van der Waals surface area contributed by atoms with Crippen LogP contribution in [-0.4, -0.2) is 39.3 Å². The smallest absolute Gasteiger partial charge is 0.349 e. The molecular weight excluding hydrogens is 562 g/mol. The first kappa shape index (κ1) is 26.2. The molecule has 0 saturated heterocycles. The van der Waals surface area contributed by atoms with Gasteiger partial charge < -0.3 is 5.32 Å². The minimum atomic E-state index is -6.35. The third kappa shape index (κ3) is 4.51. The molecule has 1 saturated carbocycles. The Morgan fingerprint density at radius 1 is 1.08 bits per heavy atom. The van der Waals surface area contributed by atoms with Crippen LogP contribution in [0.25, 0.3) is 16.3 Å². The van der Waals surface area contributed by atoms with Gasteiger partial charge in [-0.2, -0.15) is 31.6 Å². The number of alkyl halides is 7. The average Bonchev–Trinajstić information content (AvgIpc) is 3.27. The molecule has 1 fully saturated rings. The number of aromatic nitrogens is 3. The fourth-order valence-corrected chi connectivity index (χ4v) is 4.78. The van der Waals surface area contributed by atoms with E-state index in [1.54, 1.807) is 0 Å². The van der Waals surface area contributed by atoms with Crippen LogP contribution in [0.15, 0.2) is 24.4 Å². The number of rotatable bonds is 5. The third-order valence-corrected chi connectivity index (χ3v) is 6.80. The highest BCUT2D eigenvalue weighted by atomic mass is 35.5. The summed E-state index contributed by atoms with van der Waals surface area (Å²) in [6, 6.07) is 3.65. The molecule has 3 aromatic rings. The maximum absolute atomic E-state index is 14.4. The lowest BCUT2D eigenvalue weighted by Crippen LogP contribution is -2.50. The lowest BCUT2D eigenvalue weighted by molar-refractivity contribution is -0.348. The first-order valence-corrected chi connectivity index (χ1v) is 11.3. The molecule has 0 radical (unpaired) electrons. The standard InChI is InChI=1S/C20H10Cl2F7N5OS/c21-11-3-8(18(23,19(24,25)26)20(27,28)29)4-12(22)16(11)34-7-13(32-33-34)14-5-10(15(6-30)36-14)17(35)31-9-1-2-9/h3-5,7,9H,1-2H2,(H,31,35). The van der Waals surface area contributed by atoms with E-state index in [0.717, 1.165) is 28.9 Å². The lowest BCUT2D eigenvalue weighted by atomic mass is 9.94. The molecule has 4 rings (SSSR count). The van der Waals surface area contributed by atoms with Crippen molar-refractivity contribution in [3.63, 3.8) is 0 Å². The zero-order valence-electron chi connectivity index (χ0n) is 17.3. The van der Waals surface area contributed by atoms with Crippen molar-refractivity contribution in [2.45, 2.75) is 36.9 Å². The van der Waals surface area contributed by atoms with Crippen LogP contribution in [0.1, 0.15) is 33.6 Å². The molecule has 0 spiro atoms. The molecular formula is C20H10Cl2F7N5OS. The number of thiophene rings is 1. The Kier molecular flexibility index (Phi) is 6.47. The zero-order chi connectivity index (χ0) is 26.6. The highest BCUT2D eigenvalue weighted by Crippen LogP contribution is 2.54. The first-order valence-electron chi connectivity index (χ1n) is 9.77. The monoisotopic (exact) mass is 571 g/mol. The Hall–Kier alpha value is -2.89. The van der Waals surface area contributed by atoms with E-state index >= 15 is 0 Å². The van der Waals surface area contributed by atoms with E-state index in [0.29, 0.717) is 4.88 Å². The minimum Gasteiger partial charge on any atom is -0.349 e. The Morgan fingerprint density at radius 2 is 1.67 bits per heavy atom. The van der Waals surface area contributed by atoms with Crippen LogP contribution >= 0.6 is 34.5 Å². The molecule has 0 atom stereocenters. The van der Waals surface area contributed by atoms with Crippen LogP contribution in [0, 0.1) is 11.3 Å². The second kappa shape index (κ2) is 8.89. The molecule has 190 valence electrons. The predicted molar refractivity (Wildman–Crippen MR) is 115 cm³/mol. The summed E-state index contributed by atoms with van der Waals surface area (Å²) in [7, 11) is 0. The molecule has 16 heteroatoms. The van der Waals surface area contributed by atoms with Gasteiger partial charge in [-0.25, -0.2) is 9.07 Å². The molecule has 0 aliphatic heterocycles. The van der Waals surface area contributed by atoms with Crippen LogP contribution < -0.4 is 5.32 Å². The van der Waals surface area contributed by atoms with Crippen LogP contribution in [-0.2, 0) is 5.67 Å². The number of carbonyl (C=O) groups excluding carboxylic acids is 1. The molecule has 2 aromatic heterocycles. The Morgan fingerprint density at radius 3 is 2.17 bits per heavy atom. The van der Waals surface area contributed by atoms with Crippen LogP contribution in [0.4, 0.5) is 30.7 Å². The Labute approximate surface area is 211 Å². The number of hydrogen-bond acceptors (Lipinski definition) is 5. The average molecular weight is 572 g/mol. The summed E-state index contributed by atoms with van der Waals surface area (Å²) in [5.41, 5.74) is -7.73. The van der Waals surface area contributed by atoms with Crippen molar-refractivity contribution in [1.82, 2.24) is 20.3 Å². The second-order valence-electron chi connectivity index (χ2n) is 7.70. The summed E-state index contributed by atoms with van der Waals surface area (Å²) < 4.78 is 93.9. The van der Waals surface area contributed by atoms with E-state index in [1.807, 2.05) is 6.07 Å². The number of carbonyl (C=O) groups is 1. The van der Waals surface area contributed by atoms with Crippen LogP contribution in [0.3, 0.4) is 0 Å². The summed E-state index contributed by atoms with van der Waals surface area (Å²) in [5.74, 6) is -0.449. The van der Waals surface area contributed by atoms with Gasteiger partial charge >= 0.3 is 18.0 Å². The van der Waals surface area contributed by atoms with Gasteiger partial charge in [-0.15, -0.1) is 16.4 Å². The lowest BCUT2D eigenvalue weighted by Gasteiger charge is -2.30. The van der Waals surface area contributed by atoms with E-state index in [9.17, 15) is 40.8 Å². The summed E-state index contributed by atoms with van der Waals surface area (Å²) in [6.45, 7) is 0. The summed E-state index contributed by atoms with van der Waals surface area (Å²) in [6.07, 6.45) is -9.86. The minimum absolute atomic E-state index is 0.0401. The van der Waals surface area contributed by atoms with Crippen molar-refractivity contribution in [2.75, 3.05) is 0 Å². The number of amides is 1. The van der Waals surface area contributed by atoms with Gasteiger partial charge in [0.05, 0.1) is 26.7 Å². The van der Waals surface area contributed by atoms with Gasteiger partial charge in [0.2, 0.25) is 0 Å². The van der Waals surface area contributed by atoms with E-state index in [1.165, 1.54) is 12.3 Å². The van der Waals surface area contributed by atoms with Gasteiger partial charge in [0, 0.05) is 11.6 Å².